The molecule has 0 aromatic heterocycles. The first-order valence-corrected chi connectivity index (χ1v) is 6.56. The average molecular weight is 289 g/mol. The lowest BCUT2D eigenvalue weighted by Gasteiger charge is -2.21. The van der Waals surface area contributed by atoms with Crippen LogP contribution in [0.1, 0.15) is 25.0 Å². The van der Waals surface area contributed by atoms with Gasteiger partial charge in [-0.1, -0.05) is 30.3 Å². The zero-order chi connectivity index (χ0) is 15.8. The van der Waals surface area contributed by atoms with Crippen LogP contribution in [0.15, 0.2) is 30.3 Å². The number of benzene rings is 1. The number of carbonyl (C=O) groups is 2. The van der Waals surface area contributed by atoms with Crippen LogP contribution >= 0.6 is 0 Å². The fraction of sp³-hybridized carbons (Fsp3) is 0.400. The van der Waals surface area contributed by atoms with Gasteiger partial charge in [0.15, 0.2) is 6.10 Å². The Kier molecular flexibility index (Phi) is 6.37. The minimum atomic E-state index is -0.895. The van der Waals surface area contributed by atoms with Crippen LogP contribution < -0.4 is 11.1 Å². The zero-order valence-corrected chi connectivity index (χ0v) is 12.1. The van der Waals surface area contributed by atoms with Gasteiger partial charge < -0.3 is 15.8 Å². The van der Waals surface area contributed by atoms with Crippen molar-refractivity contribution in [3.05, 3.63) is 35.9 Å². The molecule has 0 fully saturated rings. The predicted molar refractivity (Wildman–Crippen MR) is 76.7 cm³/mol. The Morgan fingerprint density at radius 2 is 2.00 bits per heavy atom. The molecule has 0 saturated heterocycles. The lowest BCUT2D eigenvalue weighted by Crippen LogP contribution is -2.47. The van der Waals surface area contributed by atoms with Crippen molar-refractivity contribution in [2.24, 2.45) is 11.7 Å². The summed E-state index contributed by atoms with van der Waals surface area (Å²) in [4.78, 5) is 23.6. The van der Waals surface area contributed by atoms with Gasteiger partial charge >= 0.3 is 0 Å². The first-order valence-electron chi connectivity index (χ1n) is 6.56. The van der Waals surface area contributed by atoms with E-state index in [4.69, 9.17) is 15.7 Å². The summed E-state index contributed by atoms with van der Waals surface area (Å²) in [5.41, 5.74) is 5.94. The molecule has 112 valence electrons. The van der Waals surface area contributed by atoms with Crippen LogP contribution in [0.5, 0.6) is 0 Å². The summed E-state index contributed by atoms with van der Waals surface area (Å²) in [5, 5.41) is 11.3. The monoisotopic (exact) mass is 289 g/mol. The number of hydrogen-bond donors (Lipinski definition) is 2. The second kappa shape index (κ2) is 8.02. The summed E-state index contributed by atoms with van der Waals surface area (Å²) >= 11 is 0. The van der Waals surface area contributed by atoms with Gasteiger partial charge in [0.1, 0.15) is 6.04 Å². The molecule has 0 bridgehead atoms. The molecule has 0 radical (unpaired) electrons. The Hall–Kier alpha value is -2.39. The number of nitriles is 1. The highest BCUT2D eigenvalue weighted by molar-refractivity contribution is 5.89. The van der Waals surface area contributed by atoms with E-state index in [1.165, 1.54) is 7.11 Å². The van der Waals surface area contributed by atoms with Crippen LogP contribution in [0.25, 0.3) is 0 Å². The van der Waals surface area contributed by atoms with E-state index in [-0.39, 0.29) is 12.3 Å². The lowest BCUT2D eigenvalue weighted by molar-refractivity contribution is -0.135. The SMILES string of the molecule is CO[C@H](C(=O)N[C@@H](C[C@@H](C)C#N)C(N)=O)c1ccccc1. The van der Waals surface area contributed by atoms with Gasteiger partial charge in [-0.3, -0.25) is 9.59 Å². The molecule has 0 aliphatic rings. The lowest BCUT2D eigenvalue weighted by atomic mass is 10.0. The number of nitrogens with zero attached hydrogens (tertiary/aromatic N) is 1. The second-order valence-corrected chi connectivity index (χ2v) is 4.76. The molecule has 6 heteroatoms. The van der Waals surface area contributed by atoms with Gasteiger partial charge in [-0.15, -0.1) is 0 Å². The van der Waals surface area contributed by atoms with Gasteiger partial charge in [0.25, 0.3) is 5.91 Å². The summed E-state index contributed by atoms with van der Waals surface area (Å²) in [6, 6.07) is 10.0. The van der Waals surface area contributed by atoms with Gasteiger partial charge in [0.2, 0.25) is 5.91 Å². The van der Waals surface area contributed by atoms with Crippen LogP contribution in [0.2, 0.25) is 0 Å². The summed E-state index contributed by atoms with van der Waals surface area (Å²) in [6.07, 6.45) is -0.659. The van der Waals surface area contributed by atoms with E-state index >= 15 is 0 Å². The number of ether oxygens (including phenoxy) is 1. The predicted octanol–water partition coefficient (Wildman–Crippen LogP) is 0.894. The standard InChI is InChI=1S/C15H19N3O3/c1-10(9-16)8-12(14(17)19)18-15(20)13(21-2)11-6-4-3-5-7-11/h3-7,10,12-13H,8H2,1-2H3,(H2,17,19)(H,18,20)/t10-,12+,13+/m1/s1. The average Bonchev–Trinajstić information content (AvgIpc) is 2.48. The Bertz CT molecular complexity index is 525. The smallest absolute Gasteiger partial charge is 0.254 e. The Morgan fingerprint density at radius 3 is 2.48 bits per heavy atom. The molecular weight excluding hydrogens is 270 g/mol. The van der Waals surface area contributed by atoms with Crippen molar-refractivity contribution in [3.8, 4) is 6.07 Å². The molecule has 0 unspecified atom stereocenters. The Morgan fingerprint density at radius 1 is 1.38 bits per heavy atom. The van der Waals surface area contributed by atoms with Crippen molar-refractivity contribution >= 4 is 11.8 Å². The maximum absolute atomic E-state index is 12.2. The number of hydrogen-bond acceptors (Lipinski definition) is 4. The molecule has 0 aliphatic carbocycles. The molecule has 21 heavy (non-hydrogen) atoms. The van der Waals surface area contributed by atoms with Crippen molar-refractivity contribution in [1.29, 1.82) is 5.26 Å². The maximum Gasteiger partial charge on any atom is 0.254 e. The Balaban J connectivity index is 2.80. The number of nitrogens with one attached hydrogen (secondary N) is 1. The van der Waals surface area contributed by atoms with Crippen LogP contribution in [0.3, 0.4) is 0 Å². The number of nitrogens with two attached hydrogens (primary N) is 1. The minimum Gasteiger partial charge on any atom is -0.368 e. The highest BCUT2D eigenvalue weighted by Gasteiger charge is 2.26. The molecule has 1 aromatic rings. The van der Waals surface area contributed by atoms with E-state index in [0.29, 0.717) is 5.56 Å². The van der Waals surface area contributed by atoms with Crippen molar-refractivity contribution in [2.75, 3.05) is 7.11 Å². The summed E-state index contributed by atoms with van der Waals surface area (Å²) in [6.45, 7) is 1.66. The van der Waals surface area contributed by atoms with Gasteiger partial charge in [0, 0.05) is 13.0 Å². The van der Waals surface area contributed by atoms with Crippen LogP contribution in [-0.4, -0.2) is 25.0 Å². The van der Waals surface area contributed by atoms with Crippen LogP contribution in [0, 0.1) is 17.2 Å². The first kappa shape index (κ1) is 16.7. The zero-order valence-electron chi connectivity index (χ0n) is 12.1. The molecule has 1 rings (SSSR count). The number of rotatable bonds is 7. The summed E-state index contributed by atoms with van der Waals surface area (Å²) in [5.74, 6) is -1.52. The number of methoxy groups -OCH3 is 1. The molecule has 0 aliphatic heterocycles. The summed E-state index contributed by atoms with van der Waals surface area (Å²) < 4.78 is 5.18. The maximum atomic E-state index is 12.2. The van der Waals surface area contributed by atoms with E-state index < -0.39 is 24.0 Å². The number of primary amides is 1. The third-order valence-electron chi connectivity index (χ3n) is 3.05. The van der Waals surface area contributed by atoms with E-state index in [1.807, 2.05) is 12.1 Å². The van der Waals surface area contributed by atoms with E-state index in [2.05, 4.69) is 5.32 Å². The molecule has 0 spiro atoms. The van der Waals surface area contributed by atoms with E-state index in [9.17, 15) is 9.59 Å². The second-order valence-electron chi connectivity index (χ2n) is 4.76. The highest BCUT2D eigenvalue weighted by Crippen LogP contribution is 2.17. The van der Waals surface area contributed by atoms with E-state index in [1.54, 1.807) is 31.2 Å². The topological polar surface area (TPSA) is 105 Å². The Labute approximate surface area is 123 Å². The molecule has 6 nitrogen and oxygen atoms in total. The largest absolute Gasteiger partial charge is 0.368 e. The number of amides is 2. The minimum absolute atomic E-state index is 0.169. The van der Waals surface area contributed by atoms with Crippen molar-refractivity contribution in [3.63, 3.8) is 0 Å². The molecule has 3 N–H and O–H groups in total. The molecule has 0 saturated carbocycles. The third kappa shape index (κ3) is 4.89. The van der Waals surface area contributed by atoms with E-state index in [0.717, 1.165) is 0 Å². The van der Waals surface area contributed by atoms with Crippen molar-refractivity contribution in [1.82, 2.24) is 5.32 Å². The highest BCUT2D eigenvalue weighted by atomic mass is 16.5. The van der Waals surface area contributed by atoms with Gasteiger partial charge in [0.05, 0.1) is 6.07 Å². The fourth-order valence-electron chi connectivity index (χ4n) is 1.92. The quantitative estimate of drug-likeness (QED) is 0.777. The first-order chi connectivity index (χ1) is 9.99. The molecule has 0 heterocycles. The normalized spacial score (nSPS) is 14.5. The van der Waals surface area contributed by atoms with Crippen LogP contribution in [0.4, 0.5) is 0 Å². The van der Waals surface area contributed by atoms with Gasteiger partial charge in [-0.2, -0.15) is 5.26 Å². The van der Waals surface area contributed by atoms with Gasteiger partial charge in [-0.05, 0) is 18.9 Å². The third-order valence-corrected chi connectivity index (χ3v) is 3.05. The molecule has 2 amide bonds. The van der Waals surface area contributed by atoms with Crippen molar-refractivity contribution in [2.45, 2.75) is 25.5 Å². The fourth-order valence-corrected chi connectivity index (χ4v) is 1.92. The number of carbonyl (C=O) groups excluding carboxylic acids is 2. The van der Waals surface area contributed by atoms with Crippen LogP contribution in [-0.2, 0) is 14.3 Å². The summed E-state index contributed by atoms with van der Waals surface area (Å²) in [7, 11) is 1.41. The molecular formula is C15H19N3O3. The molecule has 3 atom stereocenters. The van der Waals surface area contributed by atoms with Crippen molar-refractivity contribution < 1.29 is 14.3 Å². The van der Waals surface area contributed by atoms with Gasteiger partial charge in [-0.25, -0.2) is 0 Å². The molecule has 1 aromatic carbocycles.